The van der Waals surface area contributed by atoms with Gasteiger partial charge in [0.1, 0.15) is 5.75 Å². The lowest BCUT2D eigenvalue weighted by Crippen LogP contribution is -2.38. The van der Waals surface area contributed by atoms with E-state index in [1.165, 1.54) is 11.1 Å². The molecule has 0 radical (unpaired) electrons. The zero-order chi connectivity index (χ0) is 17.6. The van der Waals surface area contributed by atoms with E-state index in [-0.39, 0.29) is 12.0 Å². The van der Waals surface area contributed by atoms with Gasteiger partial charge in [-0.05, 0) is 35.7 Å². The van der Waals surface area contributed by atoms with Gasteiger partial charge in [-0.25, -0.2) is 0 Å². The van der Waals surface area contributed by atoms with E-state index in [4.69, 9.17) is 9.47 Å². The van der Waals surface area contributed by atoms with Crippen LogP contribution in [0.5, 0.6) is 5.75 Å². The van der Waals surface area contributed by atoms with Crippen molar-refractivity contribution in [2.24, 2.45) is 0 Å². The SMILES string of the molecule is CCOc1ccc(CC(=O)N(C)CC2Cc3ccccc3CO2)cc1. The second-order valence-corrected chi connectivity index (χ2v) is 6.43. The van der Waals surface area contributed by atoms with Crippen molar-refractivity contribution in [3.05, 3.63) is 65.2 Å². The van der Waals surface area contributed by atoms with Crippen molar-refractivity contribution in [2.45, 2.75) is 32.5 Å². The van der Waals surface area contributed by atoms with Crippen LogP contribution in [-0.2, 0) is 29.0 Å². The van der Waals surface area contributed by atoms with Gasteiger partial charge in [-0.3, -0.25) is 4.79 Å². The summed E-state index contributed by atoms with van der Waals surface area (Å²) in [5.74, 6) is 0.938. The minimum Gasteiger partial charge on any atom is -0.494 e. The quantitative estimate of drug-likeness (QED) is 0.811. The number of carbonyl (C=O) groups is 1. The van der Waals surface area contributed by atoms with E-state index in [0.29, 0.717) is 26.2 Å². The molecular weight excluding hydrogens is 314 g/mol. The highest BCUT2D eigenvalue weighted by atomic mass is 16.5. The topological polar surface area (TPSA) is 38.8 Å². The van der Waals surface area contributed by atoms with Gasteiger partial charge in [0.15, 0.2) is 0 Å². The molecular formula is C21H25NO3. The van der Waals surface area contributed by atoms with E-state index >= 15 is 0 Å². The van der Waals surface area contributed by atoms with Crippen LogP contribution in [0.4, 0.5) is 0 Å². The summed E-state index contributed by atoms with van der Waals surface area (Å²) in [6.45, 7) is 3.84. The molecule has 0 N–H and O–H groups in total. The molecule has 1 heterocycles. The summed E-state index contributed by atoms with van der Waals surface area (Å²) >= 11 is 0. The fourth-order valence-electron chi connectivity index (χ4n) is 3.11. The molecule has 2 aromatic carbocycles. The normalized spacial score (nSPS) is 16.2. The molecule has 1 amide bonds. The zero-order valence-corrected chi connectivity index (χ0v) is 14.9. The van der Waals surface area contributed by atoms with Crippen LogP contribution in [0.1, 0.15) is 23.6 Å². The smallest absolute Gasteiger partial charge is 0.226 e. The van der Waals surface area contributed by atoms with Gasteiger partial charge in [0.25, 0.3) is 0 Å². The van der Waals surface area contributed by atoms with Gasteiger partial charge in [0.2, 0.25) is 5.91 Å². The summed E-state index contributed by atoms with van der Waals surface area (Å²) in [6, 6.07) is 16.1. The standard InChI is InChI=1S/C21H25NO3/c1-3-24-19-10-8-16(9-11-19)12-21(23)22(2)14-20-13-17-6-4-5-7-18(17)15-25-20/h4-11,20H,3,12-15H2,1-2H3. The van der Waals surface area contributed by atoms with Crippen LogP contribution in [0, 0.1) is 0 Å². The van der Waals surface area contributed by atoms with Crippen molar-refractivity contribution < 1.29 is 14.3 Å². The highest BCUT2D eigenvalue weighted by Gasteiger charge is 2.22. The molecule has 0 fully saturated rings. The Morgan fingerprint density at radius 2 is 1.88 bits per heavy atom. The summed E-state index contributed by atoms with van der Waals surface area (Å²) in [6.07, 6.45) is 1.31. The second-order valence-electron chi connectivity index (χ2n) is 6.43. The molecule has 4 heteroatoms. The number of carbonyl (C=O) groups excluding carboxylic acids is 1. The highest BCUT2D eigenvalue weighted by molar-refractivity contribution is 5.78. The molecule has 0 saturated heterocycles. The summed E-state index contributed by atoms with van der Waals surface area (Å²) in [4.78, 5) is 14.3. The molecule has 0 spiro atoms. The predicted octanol–water partition coefficient (Wildman–Crippen LogP) is 3.23. The molecule has 1 aliphatic rings. The third-order valence-electron chi connectivity index (χ3n) is 4.53. The Bertz CT molecular complexity index is 711. The molecule has 0 aromatic heterocycles. The van der Waals surface area contributed by atoms with Gasteiger partial charge in [-0.15, -0.1) is 0 Å². The first-order valence-corrected chi connectivity index (χ1v) is 8.79. The van der Waals surface area contributed by atoms with Crippen LogP contribution in [0.25, 0.3) is 0 Å². The molecule has 0 saturated carbocycles. The lowest BCUT2D eigenvalue weighted by atomic mass is 9.99. The number of likely N-dealkylation sites (N-methyl/N-ethyl adjacent to an activating group) is 1. The highest BCUT2D eigenvalue weighted by Crippen LogP contribution is 2.21. The van der Waals surface area contributed by atoms with Crippen molar-refractivity contribution in [2.75, 3.05) is 20.2 Å². The number of benzene rings is 2. The van der Waals surface area contributed by atoms with Crippen LogP contribution < -0.4 is 4.74 Å². The van der Waals surface area contributed by atoms with E-state index in [0.717, 1.165) is 17.7 Å². The number of hydrogen-bond acceptors (Lipinski definition) is 3. The monoisotopic (exact) mass is 339 g/mol. The molecule has 25 heavy (non-hydrogen) atoms. The summed E-state index contributed by atoms with van der Waals surface area (Å²) in [5, 5.41) is 0. The molecule has 1 atom stereocenters. The first-order chi connectivity index (χ1) is 12.2. The molecule has 0 aliphatic carbocycles. The van der Waals surface area contributed by atoms with Crippen LogP contribution in [0.15, 0.2) is 48.5 Å². The molecule has 1 unspecified atom stereocenters. The fraction of sp³-hybridized carbons (Fsp3) is 0.381. The van der Waals surface area contributed by atoms with Gasteiger partial charge >= 0.3 is 0 Å². The lowest BCUT2D eigenvalue weighted by Gasteiger charge is -2.29. The minimum atomic E-state index is 0.0594. The Kier molecular flexibility index (Phi) is 5.71. The first kappa shape index (κ1) is 17.5. The third kappa shape index (κ3) is 4.60. The summed E-state index contributed by atoms with van der Waals surface area (Å²) in [5.41, 5.74) is 3.57. The van der Waals surface area contributed by atoms with Crippen molar-refractivity contribution in [3.63, 3.8) is 0 Å². The number of nitrogens with zero attached hydrogens (tertiary/aromatic N) is 1. The van der Waals surface area contributed by atoms with Crippen molar-refractivity contribution >= 4 is 5.91 Å². The van der Waals surface area contributed by atoms with Gasteiger partial charge in [-0.1, -0.05) is 36.4 Å². The van der Waals surface area contributed by atoms with E-state index in [1.807, 2.05) is 44.3 Å². The van der Waals surface area contributed by atoms with Crippen LogP contribution in [0.2, 0.25) is 0 Å². The Morgan fingerprint density at radius 1 is 1.16 bits per heavy atom. The minimum absolute atomic E-state index is 0.0594. The second kappa shape index (κ2) is 8.17. The zero-order valence-electron chi connectivity index (χ0n) is 14.9. The Morgan fingerprint density at radius 3 is 2.60 bits per heavy atom. The van der Waals surface area contributed by atoms with Crippen LogP contribution in [0.3, 0.4) is 0 Å². The van der Waals surface area contributed by atoms with Crippen molar-refractivity contribution in [1.29, 1.82) is 0 Å². The van der Waals surface area contributed by atoms with Crippen LogP contribution >= 0.6 is 0 Å². The summed E-state index contributed by atoms with van der Waals surface area (Å²) < 4.78 is 11.3. The number of rotatable bonds is 6. The maximum absolute atomic E-state index is 12.5. The number of fused-ring (bicyclic) bond motifs is 1. The lowest BCUT2D eigenvalue weighted by molar-refractivity contribution is -0.131. The average Bonchev–Trinajstić information content (AvgIpc) is 2.63. The van der Waals surface area contributed by atoms with Gasteiger partial charge in [0.05, 0.1) is 25.7 Å². The number of ether oxygens (including phenoxy) is 2. The van der Waals surface area contributed by atoms with E-state index in [1.54, 1.807) is 4.90 Å². The molecule has 132 valence electrons. The molecule has 0 bridgehead atoms. The number of amides is 1. The molecule has 1 aliphatic heterocycles. The van der Waals surface area contributed by atoms with Gasteiger partial charge in [-0.2, -0.15) is 0 Å². The fourth-order valence-corrected chi connectivity index (χ4v) is 3.11. The molecule has 3 rings (SSSR count). The average molecular weight is 339 g/mol. The van der Waals surface area contributed by atoms with E-state index in [2.05, 4.69) is 18.2 Å². The Balaban J connectivity index is 1.53. The van der Waals surface area contributed by atoms with Crippen molar-refractivity contribution in [3.8, 4) is 5.75 Å². The van der Waals surface area contributed by atoms with Gasteiger partial charge < -0.3 is 14.4 Å². The van der Waals surface area contributed by atoms with E-state index in [9.17, 15) is 4.79 Å². The predicted molar refractivity (Wildman–Crippen MR) is 97.7 cm³/mol. The van der Waals surface area contributed by atoms with E-state index < -0.39 is 0 Å². The Hall–Kier alpha value is -2.33. The Labute approximate surface area is 149 Å². The molecule has 2 aromatic rings. The summed E-state index contributed by atoms with van der Waals surface area (Å²) in [7, 11) is 1.85. The number of hydrogen-bond donors (Lipinski definition) is 0. The maximum atomic E-state index is 12.5. The molecule has 4 nitrogen and oxygen atoms in total. The van der Waals surface area contributed by atoms with Crippen LogP contribution in [-0.4, -0.2) is 37.1 Å². The third-order valence-corrected chi connectivity index (χ3v) is 4.53. The maximum Gasteiger partial charge on any atom is 0.226 e. The van der Waals surface area contributed by atoms with Gasteiger partial charge in [0, 0.05) is 20.0 Å². The first-order valence-electron chi connectivity index (χ1n) is 8.79. The van der Waals surface area contributed by atoms with Crippen molar-refractivity contribution in [1.82, 2.24) is 4.90 Å². The largest absolute Gasteiger partial charge is 0.494 e.